The Balaban J connectivity index is 1.51. The van der Waals surface area contributed by atoms with Gasteiger partial charge in [-0.3, -0.25) is 14.4 Å². The number of benzene rings is 2. The first-order chi connectivity index (χ1) is 16.7. The Morgan fingerprint density at radius 1 is 1.09 bits per heavy atom. The van der Waals surface area contributed by atoms with E-state index in [2.05, 4.69) is 5.32 Å². The molecule has 1 aromatic heterocycles. The van der Waals surface area contributed by atoms with Crippen molar-refractivity contribution in [1.29, 1.82) is 0 Å². The fourth-order valence-electron chi connectivity index (χ4n) is 4.59. The molecule has 7 nitrogen and oxygen atoms in total. The van der Waals surface area contributed by atoms with Gasteiger partial charge in [0, 0.05) is 42.5 Å². The van der Waals surface area contributed by atoms with Crippen molar-refractivity contribution in [2.75, 3.05) is 11.4 Å². The fraction of sp³-hybridized carbons (Fsp3) is 0.208. The Bertz CT molecular complexity index is 1450. The van der Waals surface area contributed by atoms with Crippen molar-refractivity contribution in [3.05, 3.63) is 92.4 Å². The SMILES string of the molecule is O=C(NCc1c(F)cc(F)cc1F)c1cn2c(c(O)c1=O)C(=O)N1C[C@@H]2CCc2c(F)cccc21. The Kier molecular flexibility index (Phi) is 5.34. The minimum Gasteiger partial charge on any atom is -0.503 e. The first-order valence-corrected chi connectivity index (χ1v) is 10.7. The Morgan fingerprint density at radius 2 is 1.80 bits per heavy atom. The molecule has 3 aromatic rings. The molecule has 0 aliphatic carbocycles. The van der Waals surface area contributed by atoms with Crippen molar-refractivity contribution in [1.82, 2.24) is 9.88 Å². The number of halogens is 4. The van der Waals surface area contributed by atoms with Gasteiger partial charge in [0.1, 0.15) is 28.8 Å². The third-order valence-electron chi connectivity index (χ3n) is 6.33. The normalized spacial score (nSPS) is 16.4. The topological polar surface area (TPSA) is 91.6 Å². The van der Waals surface area contributed by atoms with E-state index in [0.717, 1.165) is 6.20 Å². The van der Waals surface area contributed by atoms with E-state index >= 15 is 0 Å². The molecule has 0 saturated carbocycles. The van der Waals surface area contributed by atoms with Crippen molar-refractivity contribution < 1.29 is 32.3 Å². The van der Waals surface area contributed by atoms with Crippen LogP contribution in [0.25, 0.3) is 0 Å². The second kappa shape index (κ2) is 8.26. The summed E-state index contributed by atoms with van der Waals surface area (Å²) in [5.74, 6) is -6.79. The van der Waals surface area contributed by atoms with Gasteiger partial charge in [0.2, 0.25) is 5.43 Å². The van der Waals surface area contributed by atoms with Gasteiger partial charge in [-0.05, 0) is 25.0 Å². The maximum absolute atomic E-state index is 14.4. The number of carbonyl (C=O) groups excluding carboxylic acids is 2. The van der Waals surface area contributed by atoms with Crippen molar-refractivity contribution >= 4 is 17.5 Å². The molecule has 0 spiro atoms. The fourth-order valence-corrected chi connectivity index (χ4v) is 4.59. The summed E-state index contributed by atoms with van der Waals surface area (Å²) in [4.78, 5) is 40.0. The lowest BCUT2D eigenvalue weighted by atomic mass is 10.0. The summed E-state index contributed by atoms with van der Waals surface area (Å²) in [6.45, 7) is -0.568. The molecule has 3 heterocycles. The van der Waals surface area contributed by atoms with Crippen LogP contribution in [0.15, 0.2) is 41.3 Å². The lowest BCUT2D eigenvalue weighted by molar-refractivity contribution is 0.0929. The monoisotopic (exact) mass is 487 g/mol. The molecule has 0 unspecified atom stereocenters. The van der Waals surface area contributed by atoms with Crippen LogP contribution >= 0.6 is 0 Å². The van der Waals surface area contributed by atoms with Crippen LogP contribution in [0.5, 0.6) is 5.75 Å². The minimum absolute atomic E-state index is 0.123. The molecule has 2 bridgehead atoms. The van der Waals surface area contributed by atoms with Crippen LogP contribution in [0.2, 0.25) is 0 Å². The molecule has 11 heteroatoms. The molecule has 2 N–H and O–H groups in total. The van der Waals surface area contributed by atoms with Crippen molar-refractivity contribution in [3.8, 4) is 5.75 Å². The molecule has 0 radical (unpaired) electrons. The Morgan fingerprint density at radius 3 is 2.51 bits per heavy atom. The molecule has 2 amide bonds. The molecule has 2 aliphatic heterocycles. The van der Waals surface area contributed by atoms with E-state index in [4.69, 9.17) is 0 Å². The first kappa shape index (κ1) is 22.6. The zero-order valence-corrected chi connectivity index (χ0v) is 17.9. The van der Waals surface area contributed by atoms with Crippen LogP contribution in [-0.4, -0.2) is 28.0 Å². The summed E-state index contributed by atoms with van der Waals surface area (Å²) in [6.07, 6.45) is 1.73. The number of aromatic hydroxyl groups is 1. The maximum Gasteiger partial charge on any atom is 0.279 e. The number of fused-ring (bicyclic) bond motifs is 6. The van der Waals surface area contributed by atoms with Gasteiger partial charge in [-0.25, -0.2) is 17.6 Å². The summed E-state index contributed by atoms with van der Waals surface area (Å²) in [5.41, 5.74) is -1.97. The number of amides is 2. The number of anilines is 1. The predicted octanol–water partition coefficient (Wildman–Crippen LogP) is 3.19. The molecule has 2 aliphatic rings. The average molecular weight is 487 g/mol. The van der Waals surface area contributed by atoms with E-state index in [1.54, 1.807) is 6.07 Å². The van der Waals surface area contributed by atoms with Gasteiger partial charge in [0.25, 0.3) is 11.8 Å². The standard InChI is InChI=1S/C24H17F4N3O4/c25-11-6-17(27)14(18(28)7-11)8-29-23(34)15-10-30-12-4-5-13-16(26)2-1-3-19(13)31(9-12)24(35)20(30)22(33)21(15)32/h1-3,6-7,10,12,33H,4-5,8-9H2,(H,29,34)/t12-/m0/s1. The molecular weight excluding hydrogens is 470 g/mol. The van der Waals surface area contributed by atoms with Gasteiger partial charge in [-0.1, -0.05) is 6.07 Å². The van der Waals surface area contributed by atoms with Crippen LogP contribution in [0.3, 0.4) is 0 Å². The molecule has 1 atom stereocenters. The van der Waals surface area contributed by atoms with E-state index < -0.39 is 70.0 Å². The molecule has 0 fully saturated rings. The molecular formula is C24H17F4N3O4. The van der Waals surface area contributed by atoms with Gasteiger partial charge >= 0.3 is 0 Å². The Labute approximate surface area is 195 Å². The van der Waals surface area contributed by atoms with Crippen LogP contribution in [0.4, 0.5) is 23.2 Å². The van der Waals surface area contributed by atoms with Crippen molar-refractivity contribution in [3.63, 3.8) is 0 Å². The maximum atomic E-state index is 14.4. The number of aromatic nitrogens is 1. The molecule has 35 heavy (non-hydrogen) atoms. The number of hydrogen-bond acceptors (Lipinski definition) is 4. The number of carbonyl (C=O) groups is 2. The molecule has 0 saturated heterocycles. The summed E-state index contributed by atoms with van der Waals surface area (Å²) in [6, 6.07) is 4.74. The molecule has 2 aromatic carbocycles. The highest BCUT2D eigenvalue weighted by atomic mass is 19.1. The predicted molar refractivity (Wildman–Crippen MR) is 115 cm³/mol. The van der Waals surface area contributed by atoms with E-state index in [1.807, 2.05) is 0 Å². The van der Waals surface area contributed by atoms with Gasteiger partial charge < -0.3 is 19.9 Å². The Hall–Kier alpha value is -4.15. The van der Waals surface area contributed by atoms with Crippen LogP contribution in [0, 0.1) is 23.3 Å². The van der Waals surface area contributed by atoms with E-state index in [0.29, 0.717) is 29.8 Å². The third kappa shape index (κ3) is 3.63. The number of pyridine rings is 1. The zero-order chi connectivity index (χ0) is 25.0. The second-order valence-corrected chi connectivity index (χ2v) is 8.35. The highest BCUT2D eigenvalue weighted by Crippen LogP contribution is 2.38. The summed E-state index contributed by atoms with van der Waals surface area (Å²) >= 11 is 0. The largest absolute Gasteiger partial charge is 0.503 e. The van der Waals surface area contributed by atoms with Crippen molar-refractivity contribution in [2.24, 2.45) is 0 Å². The van der Waals surface area contributed by atoms with Crippen LogP contribution in [0.1, 0.15) is 44.4 Å². The van der Waals surface area contributed by atoms with Crippen molar-refractivity contribution in [2.45, 2.75) is 25.4 Å². The van der Waals surface area contributed by atoms with Crippen LogP contribution < -0.4 is 15.6 Å². The summed E-state index contributed by atoms with van der Waals surface area (Å²) in [7, 11) is 0. The lowest BCUT2D eigenvalue weighted by Gasteiger charge is -2.35. The molecule has 5 rings (SSSR count). The number of nitrogens with zero attached hydrogens (tertiary/aromatic N) is 2. The third-order valence-corrected chi connectivity index (χ3v) is 6.33. The number of rotatable bonds is 3. The molecule has 180 valence electrons. The lowest BCUT2D eigenvalue weighted by Crippen LogP contribution is -2.44. The first-order valence-electron chi connectivity index (χ1n) is 10.7. The van der Waals surface area contributed by atoms with Gasteiger partial charge in [-0.2, -0.15) is 0 Å². The quantitative estimate of drug-likeness (QED) is 0.556. The van der Waals surface area contributed by atoms with Crippen LogP contribution in [-0.2, 0) is 13.0 Å². The van der Waals surface area contributed by atoms with Gasteiger partial charge in [0.15, 0.2) is 11.4 Å². The highest BCUT2D eigenvalue weighted by molar-refractivity contribution is 6.08. The number of hydrogen-bond donors (Lipinski definition) is 2. The summed E-state index contributed by atoms with van der Waals surface area (Å²) in [5, 5.41) is 12.8. The minimum atomic E-state index is -1.22. The second-order valence-electron chi connectivity index (χ2n) is 8.35. The van der Waals surface area contributed by atoms with Gasteiger partial charge in [-0.15, -0.1) is 0 Å². The summed E-state index contributed by atoms with van der Waals surface area (Å²) < 4.78 is 56.6. The van der Waals surface area contributed by atoms with E-state index in [9.17, 15) is 37.1 Å². The van der Waals surface area contributed by atoms with Gasteiger partial charge in [0.05, 0.1) is 11.7 Å². The average Bonchev–Trinajstić information content (AvgIpc) is 2.98. The highest BCUT2D eigenvalue weighted by Gasteiger charge is 2.39. The number of nitrogens with one attached hydrogen (secondary N) is 1. The van der Waals surface area contributed by atoms with E-state index in [1.165, 1.54) is 21.6 Å². The zero-order valence-electron chi connectivity index (χ0n) is 17.9. The smallest absolute Gasteiger partial charge is 0.279 e. The van der Waals surface area contributed by atoms with E-state index in [-0.39, 0.29) is 18.7 Å².